The summed E-state index contributed by atoms with van der Waals surface area (Å²) >= 11 is 0. The zero-order chi connectivity index (χ0) is 17.2. The van der Waals surface area contributed by atoms with Crippen molar-refractivity contribution in [1.82, 2.24) is 10.2 Å². The van der Waals surface area contributed by atoms with Gasteiger partial charge in [-0.3, -0.25) is 4.99 Å². The summed E-state index contributed by atoms with van der Waals surface area (Å²) in [6.45, 7) is 2.05. The molecule has 0 aromatic heterocycles. The average Bonchev–Trinajstić information content (AvgIpc) is 2.61. The number of hydrogen-bond acceptors (Lipinski definition) is 2. The number of halogens is 1. The summed E-state index contributed by atoms with van der Waals surface area (Å²) in [6, 6.07) is 16.3. The van der Waals surface area contributed by atoms with Gasteiger partial charge in [0.05, 0.1) is 6.54 Å². The van der Waals surface area contributed by atoms with Crippen LogP contribution in [0.15, 0.2) is 59.6 Å². The molecule has 0 heterocycles. The van der Waals surface area contributed by atoms with Crippen LogP contribution in [0, 0.1) is 5.82 Å². The van der Waals surface area contributed by atoms with Crippen LogP contribution in [-0.4, -0.2) is 44.7 Å². The van der Waals surface area contributed by atoms with Crippen LogP contribution in [0.25, 0.3) is 0 Å². The van der Waals surface area contributed by atoms with Crippen LogP contribution in [0.4, 0.5) is 4.39 Å². The van der Waals surface area contributed by atoms with Gasteiger partial charge in [0.1, 0.15) is 18.2 Å². The highest BCUT2D eigenvalue weighted by molar-refractivity contribution is 5.79. The summed E-state index contributed by atoms with van der Waals surface area (Å²) in [5.41, 5.74) is 1.09. The molecule has 1 N–H and O–H groups in total. The third-order valence-corrected chi connectivity index (χ3v) is 3.62. The van der Waals surface area contributed by atoms with Gasteiger partial charge in [-0.1, -0.05) is 30.3 Å². The molecule has 4 nitrogen and oxygen atoms in total. The number of benzene rings is 2. The summed E-state index contributed by atoms with van der Waals surface area (Å²) < 4.78 is 18.6. The van der Waals surface area contributed by atoms with Gasteiger partial charge >= 0.3 is 0 Å². The van der Waals surface area contributed by atoms with Crippen molar-refractivity contribution in [3.63, 3.8) is 0 Å². The van der Waals surface area contributed by atoms with E-state index in [1.807, 2.05) is 42.3 Å². The van der Waals surface area contributed by atoms with E-state index in [2.05, 4.69) is 10.3 Å². The Labute approximate surface area is 143 Å². The molecule has 0 radical (unpaired) electrons. The Morgan fingerprint density at radius 1 is 1.12 bits per heavy atom. The number of guanidine groups is 1. The topological polar surface area (TPSA) is 36.9 Å². The molecule has 0 aliphatic rings. The van der Waals surface area contributed by atoms with E-state index in [0.717, 1.165) is 36.8 Å². The molecule has 0 saturated carbocycles. The third-order valence-electron chi connectivity index (χ3n) is 3.62. The van der Waals surface area contributed by atoms with Crippen molar-refractivity contribution in [3.8, 4) is 5.75 Å². The Hall–Kier alpha value is -2.56. The van der Waals surface area contributed by atoms with E-state index in [9.17, 15) is 4.39 Å². The molecule has 0 spiro atoms. The molecule has 5 heteroatoms. The molecule has 0 bridgehead atoms. The van der Waals surface area contributed by atoms with Crippen molar-refractivity contribution in [2.24, 2.45) is 4.99 Å². The molecule has 0 saturated heterocycles. The molecule has 24 heavy (non-hydrogen) atoms. The summed E-state index contributed by atoms with van der Waals surface area (Å²) in [5.74, 6) is 1.47. The molecule has 0 unspecified atom stereocenters. The van der Waals surface area contributed by atoms with Crippen molar-refractivity contribution in [1.29, 1.82) is 0 Å². The number of aliphatic imine (C=N–C) groups is 1. The fraction of sp³-hybridized carbons (Fsp3) is 0.316. The quantitative estimate of drug-likeness (QED) is 0.627. The minimum absolute atomic E-state index is 0.208. The standard InChI is InChI=1S/C19H24FN3O/c1-21-19(22-13-12-16-8-10-17(20)11-9-16)23(2)14-15-24-18-6-4-3-5-7-18/h3-11H,12-15H2,1-2H3,(H,21,22). The first-order chi connectivity index (χ1) is 11.7. The van der Waals surface area contributed by atoms with E-state index in [1.165, 1.54) is 12.1 Å². The Bertz CT molecular complexity index is 629. The Morgan fingerprint density at radius 3 is 2.50 bits per heavy atom. The van der Waals surface area contributed by atoms with Gasteiger partial charge in [0.25, 0.3) is 0 Å². The third kappa shape index (κ3) is 5.91. The minimum atomic E-state index is -0.208. The first-order valence-electron chi connectivity index (χ1n) is 8.03. The number of likely N-dealkylation sites (N-methyl/N-ethyl adjacent to an activating group) is 1. The number of para-hydroxylation sites is 1. The van der Waals surface area contributed by atoms with Crippen LogP contribution in [0.3, 0.4) is 0 Å². The van der Waals surface area contributed by atoms with Crippen LogP contribution in [0.1, 0.15) is 5.56 Å². The lowest BCUT2D eigenvalue weighted by molar-refractivity contribution is 0.281. The van der Waals surface area contributed by atoms with E-state index < -0.39 is 0 Å². The smallest absolute Gasteiger partial charge is 0.193 e. The average molecular weight is 329 g/mol. The SMILES string of the molecule is CN=C(NCCc1ccc(F)cc1)N(C)CCOc1ccccc1. The maximum atomic E-state index is 12.9. The minimum Gasteiger partial charge on any atom is -0.492 e. The van der Waals surface area contributed by atoms with Gasteiger partial charge in [-0.25, -0.2) is 4.39 Å². The van der Waals surface area contributed by atoms with E-state index in [0.29, 0.717) is 6.61 Å². The second kappa shape index (κ2) is 9.55. The van der Waals surface area contributed by atoms with Gasteiger partial charge in [0.15, 0.2) is 5.96 Å². The predicted molar refractivity (Wildman–Crippen MR) is 96.0 cm³/mol. The van der Waals surface area contributed by atoms with Gasteiger partial charge in [-0.05, 0) is 36.2 Å². The van der Waals surface area contributed by atoms with Crippen molar-refractivity contribution in [3.05, 3.63) is 66.0 Å². The number of rotatable bonds is 7. The van der Waals surface area contributed by atoms with E-state index in [4.69, 9.17) is 4.74 Å². The van der Waals surface area contributed by atoms with Gasteiger partial charge in [0, 0.05) is 20.6 Å². The lowest BCUT2D eigenvalue weighted by Gasteiger charge is -2.22. The number of nitrogens with zero attached hydrogens (tertiary/aromatic N) is 2. The second-order valence-corrected chi connectivity index (χ2v) is 5.43. The van der Waals surface area contributed by atoms with E-state index in [-0.39, 0.29) is 5.82 Å². The van der Waals surface area contributed by atoms with E-state index >= 15 is 0 Å². The number of ether oxygens (including phenoxy) is 1. The molecule has 128 valence electrons. The maximum Gasteiger partial charge on any atom is 0.193 e. The van der Waals surface area contributed by atoms with Crippen molar-refractivity contribution in [2.45, 2.75) is 6.42 Å². The molecule has 2 aromatic rings. The molecule has 2 rings (SSSR count). The monoisotopic (exact) mass is 329 g/mol. The largest absolute Gasteiger partial charge is 0.492 e. The van der Waals surface area contributed by atoms with Gasteiger partial charge < -0.3 is 15.0 Å². The second-order valence-electron chi connectivity index (χ2n) is 5.43. The number of nitrogens with one attached hydrogen (secondary N) is 1. The fourth-order valence-electron chi connectivity index (χ4n) is 2.28. The molecule has 0 fully saturated rings. The molecule has 0 amide bonds. The van der Waals surface area contributed by atoms with Crippen molar-refractivity contribution < 1.29 is 9.13 Å². The Balaban J connectivity index is 1.71. The summed E-state index contributed by atoms with van der Waals surface area (Å²) in [7, 11) is 3.73. The first kappa shape index (κ1) is 17.8. The zero-order valence-corrected chi connectivity index (χ0v) is 14.2. The lowest BCUT2D eigenvalue weighted by atomic mass is 10.1. The molecular weight excluding hydrogens is 305 g/mol. The van der Waals surface area contributed by atoms with Crippen LogP contribution < -0.4 is 10.1 Å². The molecule has 0 aliphatic heterocycles. The number of hydrogen-bond donors (Lipinski definition) is 1. The van der Waals surface area contributed by atoms with E-state index in [1.54, 1.807) is 19.2 Å². The van der Waals surface area contributed by atoms with Crippen LogP contribution in [0.5, 0.6) is 5.75 Å². The predicted octanol–water partition coefficient (Wildman–Crippen LogP) is 2.95. The summed E-state index contributed by atoms with van der Waals surface area (Å²) in [5, 5.41) is 3.31. The molecule has 2 aromatic carbocycles. The van der Waals surface area contributed by atoms with Gasteiger partial charge in [-0.15, -0.1) is 0 Å². The van der Waals surface area contributed by atoms with Gasteiger partial charge in [0.2, 0.25) is 0 Å². The lowest BCUT2D eigenvalue weighted by Crippen LogP contribution is -2.41. The normalized spacial score (nSPS) is 11.2. The summed E-state index contributed by atoms with van der Waals surface area (Å²) in [6.07, 6.45) is 0.813. The maximum absolute atomic E-state index is 12.9. The zero-order valence-electron chi connectivity index (χ0n) is 14.2. The molecule has 0 aliphatic carbocycles. The Kier molecular flexibility index (Phi) is 7.08. The van der Waals surface area contributed by atoms with Gasteiger partial charge in [-0.2, -0.15) is 0 Å². The highest BCUT2D eigenvalue weighted by Gasteiger charge is 2.05. The van der Waals surface area contributed by atoms with Crippen LogP contribution >= 0.6 is 0 Å². The molecule has 0 atom stereocenters. The Morgan fingerprint density at radius 2 is 1.83 bits per heavy atom. The first-order valence-corrected chi connectivity index (χ1v) is 8.03. The van der Waals surface area contributed by atoms with Crippen LogP contribution in [0.2, 0.25) is 0 Å². The van der Waals surface area contributed by atoms with Crippen molar-refractivity contribution >= 4 is 5.96 Å². The summed E-state index contributed by atoms with van der Waals surface area (Å²) in [4.78, 5) is 6.30. The molecular formula is C19H24FN3O. The highest BCUT2D eigenvalue weighted by Crippen LogP contribution is 2.07. The van der Waals surface area contributed by atoms with Crippen molar-refractivity contribution in [2.75, 3.05) is 33.8 Å². The van der Waals surface area contributed by atoms with Crippen LogP contribution in [-0.2, 0) is 6.42 Å². The fourth-order valence-corrected chi connectivity index (χ4v) is 2.28. The highest BCUT2D eigenvalue weighted by atomic mass is 19.1.